The van der Waals surface area contributed by atoms with Gasteiger partial charge in [-0.2, -0.15) is 5.92 Å². The largest absolute Gasteiger partial charge is 0.542 e. The maximum atomic E-state index is 9.38. The first-order valence-electron chi connectivity index (χ1n) is 3.21. The summed E-state index contributed by atoms with van der Waals surface area (Å²) in [6.45, 7) is 11.3. The molecule has 0 saturated heterocycles. The van der Waals surface area contributed by atoms with Crippen LogP contribution in [0.2, 0.25) is 0 Å². The van der Waals surface area contributed by atoms with Crippen LogP contribution in [0.3, 0.4) is 0 Å². The zero-order chi connectivity index (χ0) is 7.86. The predicted molar refractivity (Wildman–Crippen MR) is 40.7 cm³/mol. The minimum atomic E-state index is 0. The summed E-state index contributed by atoms with van der Waals surface area (Å²) in [5.74, 6) is 0.662. The third-order valence-electron chi connectivity index (χ3n) is 0.236. The van der Waals surface area contributed by atoms with Gasteiger partial charge in [0.2, 0.25) is 0 Å². The molecule has 0 aromatic rings. The zero-order valence-corrected chi connectivity index (χ0v) is 13.6. The van der Waals surface area contributed by atoms with Crippen LogP contribution in [-0.2, 0) is 70.2 Å². The van der Waals surface area contributed by atoms with Crippen molar-refractivity contribution in [3.8, 4) is 0 Å². The summed E-state index contributed by atoms with van der Waals surface area (Å²) < 4.78 is 0. The second-order valence-electron chi connectivity index (χ2n) is 2.67. The molecule has 0 saturated carbocycles. The third kappa shape index (κ3) is 77.1. The molecule has 0 heterocycles. The molecule has 0 amide bonds. The van der Waals surface area contributed by atoms with E-state index >= 15 is 0 Å². The van der Waals surface area contributed by atoms with Gasteiger partial charge in [0, 0.05) is 65.4 Å². The monoisotopic (exact) mass is 306 g/mol. The van der Waals surface area contributed by atoms with E-state index < -0.39 is 0 Å². The van der Waals surface area contributed by atoms with Crippen LogP contribution in [0.15, 0.2) is 0 Å². The Morgan fingerprint density at radius 2 is 1.18 bits per heavy atom. The maximum Gasteiger partial charge on any atom is 0 e. The smallest absolute Gasteiger partial charge is 0 e. The first-order chi connectivity index (χ1) is 4.00. The Hall–Kier alpha value is 1.88. The summed E-state index contributed by atoms with van der Waals surface area (Å²) in [5.41, 5.74) is 0. The third-order valence-corrected chi connectivity index (χ3v) is 0.236. The fourth-order valence-corrected chi connectivity index (χ4v) is 0. The van der Waals surface area contributed by atoms with E-state index in [0.29, 0.717) is 5.92 Å². The van der Waals surface area contributed by atoms with Gasteiger partial charge < -0.3 is 11.7 Å². The molecule has 62 valence electrons. The summed E-state index contributed by atoms with van der Waals surface area (Å²) in [7, 11) is 0. The average Bonchev–Trinajstić information content (AvgIpc) is 1.65. The van der Waals surface area contributed by atoms with Crippen LogP contribution in [0, 0.1) is 18.8 Å². The van der Waals surface area contributed by atoms with E-state index in [0.717, 1.165) is 0 Å². The quantitative estimate of drug-likeness (QED) is 0.679. The van der Waals surface area contributed by atoms with Crippen molar-refractivity contribution >= 4 is 6.29 Å². The van der Waals surface area contributed by atoms with Crippen molar-refractivity contribution < 1.29 is 70.2 Å². The van der Waals surface area contributed by atoms with Crippen LogP contribution in [0.5, 0.6) is 0 Å². The number of rotatable bonds is 1. The molecule has 0 aliphatic heterocycles. The fourth-order valence-electron chi connectivity index (χ4n) is 0. The summed E-state index contributed by atoms with van der Waals surface area (Å²) in [5, 5.41) is 0. The van der Waals surface area contributed by atoms with E-state index in [2.05, 4.69) is 20.8 Å². The van der Waals surface area contributed by atoms with E-state index in [1.807, 2.05) is 0 Å². The van der Waals surface area contributed by atoms with Gasteiger partial charge in [-0.1, -0.05) is 27.7 Å². The van der Waals surface area contributed by atoms with Crippen LogP contribution >= 0.6 is 0 Å². The molecule has 0 N–H and O–H groups in total. The van der Waals surface area contributed by atoms with Gasteiger partial charge in [0.1, 0.15) is 0 Å². The van der Waals surface area contributed by atoms with Crippen LogP contribution in [-0.4, -0.2) is 6.29 Å². The topological polar surface area (TPSA) is 17.1 Å². The molecule has 0 rings (SSSR count). The molecule has 0 aliphatic rings. The molecule has 1 nitrogen and oxygen atoms in total. The molecule has 11 heavy (non-hydrogen) atoms. The molecule has 0 aromatic carbocycles. The van der Waals surface area contributed by atoms with Crippen LogP contribution in [0.1, 0.15) is 27.7 Å². The molecule has 0 fully saturated rings. The van der Waals surface area contributed by atoms with E-state index in [4.69, 9.17) is 0 Å². The molecule has 2 radical (unpaired) electrons. The second-order valence-corrected chi connectivity index (χ2v) is 2.67. The fraction of sp³-hybridized carbons (Fsp3) is 0.750. The van der Waals surface area contributed by atoms with Crippen LogP contribution in [0.25, 0.3) is 0 Å². The van der Waals surface area contributed by atoms with Gasteiger partial charge in [0.25, 0.3) is 0 Å². The van der Waals surface area contributed by atoms with Crippen molar-refractivity contribution in [2.75, 3.05) is 0 Å². The Labute approximate surface area is 121 Å². The first kappa shape index (κ1) is 23.1. The van der Waals surface area contributed by atoms with Crippen molar-refractivity contribution in [1.82, 2.24) is 0 Å². The molecule has 0 atom stereocenters. The normalized spacial score (nSPS) is 7.18. The molecule has 0 unspecified atom stereocenters. The number of hydrogen-bond donors (Lipinski definition) is 0. The molecular formula is C8H16OY2-2. The minimum Gasteiger partial charge on any atom is -0.542 e. The standard InChI is InChI=1S/C4H7O.C4H9.2Y/c1-4(2)3-5;1-4(2)3;;/h4H,1-2H3;4H,1H2,2-3H3;;/q2*-1;;. The summed E-state index contributed by atoms with van der Waals surface area (Å²) in [6.07, 6.45) is 1.78. The predicted octanol–water partition coefficient (Wildman–Crippen LogP) is 2.22. The van der Waals surface area contributed by atoms with Gasteiger partial charge in [0.15, 0.2) is 0 Å². The van der Waals surface area contributed by atoms with Gasteiger partial charge in [-0.15, -0.1) is 5.92 Å². The van der Waals surface area contributed by atoms with Gasteiger partial charge in [-0.05, 0) is 0 Å². The van der Waals surface area contributed by atoms with Crippen LogP contribution in [0.4, 0.5) is 0 Å². The van der Waals surface area contributed by atoms with Crippen molar-refractivity contribution in [1.29, 1.82) is 0 Å². The first-order valence-corrected chi connectivity index (χ1v) is 3.21. The SMILES string of the molecule is CC(C)[C-]=O.[CH2-]C(C)C.[Y].[Y]. The number of carbonyl (C=O) groups excluding carboxylic acids is 1. The Morgan fingerprint density at radius 3 is 1.18 bits per heavy atom. The molecule has 0 bridgehead atoms. The van der Waals surface area contributed by atoms with Gasteiger partial charge >= 0.3 is 0 Å². The molecular weight excluding hydrogens is 290 g/mol. The van der Waals surface area contributed by atoms with E-state index in [9.17, 15) is 4.79 Å². The molecule has 0 aliphatic carbocycles. The van der Waals surface area contributed by atoms with Gasteiger partial charge in [-0.25, -0.2) is 0 Å². The molecule has 3 heteroatoms. The molecule has 0 aromatic heterocycles. The van der Waals surface area contributed by atoms with Crippen molar-refractivity contribution in [2.45, 2.75) is 27.7 Å². The Morgan fingerprint density at radius 1 is 1.09 bits per heavy atom. The number of hydrogen-bond acceptors (Lipinski definition) is 1. The van der Waals surface area contributed by atoms with Crippen LogP contribution < -0.4 is 0 Å². The zero-order valence-electron chi connectivity index (χ0n) is 7.92. The molecule has 0 spiro atoms. The van der Waals surface area contributed by atoms with Crippen molar-refractivity contribution in [3.63, 3.8) is 0 Å². The Bertz CT molecular complexity index is 60.4. The average molecular weight is 306 g/mol. The van der Waals surface area contributed by atoms with Crippen molar-refractivity contribution in [3.05, 3.63) is 6.92 Å². The Balaban J connectivity index is -0.0000000383. The van der Waals surface area contributed by atoms with Gasteiger partial charge in [-0.3, -0.25) is 6.29 Å². The summed E-state index contributed by atoms with van der Waals surface area (Å²) in [4.78, 5) is 9.38. The van der Waals surface area contributed by atoms with Crippen molar-refractivity contribution in [2.24, 2.45) is 11.8 Å². The minimum absolute atomic E-state index is 0. The van der Waals surface area contributed by atoms with Gasteiger partial charge in [0.05, 0.1) is 0 Å². The Kier molecular flexibility index (Phi) is 37.4. The summed E-state index contributed by atoms with van der Waals surface area (Å²) in [6, 6.07) is 0. The maximum absolute atomic E-state index is 9.38. The van der Waals surface area contributed by atoms with E-state index in [1.54, 1.807) is 20.1 Å². The van der Waals surface area contributed by atoms with E-state index in [-0.39, 0.29) is 71.3 Å². The second kappa shape index (κ2) is 17.8. The summed E-state index contributed by atoms with van der Waals surface area (Å²) >= 11 is 0. The van der Waals surface area contributed by atoms with E-state index in [1.165, 1.54) is 0 Å².